The van der Waals surface area contributed by atoms with Crippen molar-refractivity contribution in [3.63, 3.8) is 0 Å². The molecule has 1 saturated carbocycles. The highest BCUT2D eigenvalue weighted by atomic mass is 35.5. The molecule has 1 aromatic heterocycles. The van der Waals surface area contributed by atoms with Crippen LogP contribution in [0.5, 0.6) is 11.6 Å². The highest BCUT2D eigenvalue weighted by molar-refractivity contribution is 6.34. The first-order valence-corrected chi connectivity index (χ1v) is 6.51. The Balaban J connectivity index is 1.86. The second kappa shape index (κ2) is 5.13. The maximum absolute atomic E-state index is 13.7. The largest absolute Gasteiger partial charge is 0.434 e. The Morgan fingerprint density at radius 2 is 2.15 bits per heavy atom. The van der Waals surface area contributed by atoms with E-state index in [1.54, 1.807) is 0 Å². The predicted molar refractivity (Wildman–Crippen MR) is 74.6 cm³/mol. The van der Waals surface area contributed by atoms with Crippen molar-refractivity contribution in [2.45, 2.75) is 18.9 Å². The summed E-state index contributed by atoms with van der Waals surface area (Å²) in [6, 6.07) is 4.53. The van der Waals surface area contributed by atoms with E-state index in [9.17, 15) is 4.39 Å². The molecule has 0 radical (unpaired) electrons. The van der Waals surface area contributed by atoms with Gasteiger partial charge in [-0.3, -0.25) is 0 Å². The lowest BCUT2D eigenvalue weighted by Crippen LogP contribution is -2.05. The monoisotopic (exact) mass is 294 g/mol. The normalized spacial score (nSPS) is 14.1. The third-order valence-corrected chi connectivity index (χ3v) is 3.18. The molecule has 0 atom stereocenters. The summed E-state index contributed by atoms with van der Waals surface area (Å²) < 4.78 is 19.1. The number of halogens is 2. The van der Waals surface area contributed by atoms with E-state index in [-0.39, 0.29) is 16.7 Å². The molecule has 5 nitrogen and oxygen atoms in total. The minimum atomic E-state index is -0.573. The number of hydrogen-bond donors (Lipinski definition) is 2. The highest BCUT2D eigenvalue weighted by Crippen LogP contribution is 2.35. The van der Waals surface area contributed by atoms with Crippen LogP contribution in [-0.2, 0) is 0 Å². The van der Waals surface area contributed by atoms with Crippen LogP contribution in [0.3, 0.4) is 0 Å². The van der Waals surface area contributed by atoms with Crippen LogP contribution in [0.25, 0.3) is 0 Å². The third-order valence-electron chi connectivity index (χ3n) is 2.84. The first-order valence-electron chi connectivity index (χ1n) is 6.13. The fourth-order valence-corrected chi connectivity index (χ4v) is 1.84. The molecule has 0 spiro atoms. The number of nitrogens with zero attached hydrogens (tertiary/aromatic N) is 2. The molecule has 3 rings (SSSR count). The summed E-state index contributed by atoms with van der Waals surface area (Å²) in [5, 5.41) is 3.39. The number of nitrogens with one attached hydrogen (secondary N) is 1. The van der Waals surface area contributed by atoms with E-state index in [4.69, 9.17) is 22.1 Å². The highest BCUT2D eigenvalue weighted by Gasteiger charge is 2.23. The molecule has 2 aromatic rings. The van der Waals surface area contributed by atoms with Crippen molar-refractivity contribution in [3.8, 4) is 11.6 Å². The molecular formula is C13H12ClFN4O. The van der Waals surface area contributed by atoms with Gasteiger partial charge in [0.05, 0.1) is 0 Å². The molecule has 3 N–H and O–H groups in total. The Morgan fingerprint density at radius 1 is 1.35 bits per heavy atom. The van der Waals surface area contributed by atoms with E-state index < -0.39 is 5.82 Å². The maximum Gasteiger partial charge on any atom is 0.243 e. The Morgan fingerprint density at radius 3 is 2.85 bits per heavy atom. The summed E-state index contributed by atoms with van der Waals surface area (Å²) in [4.78, 5) is 7.97. The summed E-state index contributed by atoms with van der Waals surface area (Å²) in [6.07, 6.45) is 3.49. The Kier molecular flexibility index (Phi) is 3.31. The van der Waals surface area contributed by atoms with E-state index >= 15 is 0 Å². The average molecular weight is 295 g/mol. The Hall–Kier alpha value is -2.08. The lowest BCUT2D eigenvalue weighted by molar-refractivity contribution is 0.427. The number of ether oxygens (including phenoxy) is 1. The zero-order valence-electron chi connectivity index (χ0n) is 10.4. The van der Waals surface area contributed by atoms with Crippen LogP contribution in [0.2, 0.25) is 5.02 Å². The van der Waals surface area contributed by atoms with Gasteiger partial charge in [-0.1, -0.05) is 11.6 Å². The summed E-state index contributed by atoms with van der Waals surface area (Å²) in [5.41, 5.74) is 5.80. The van der Waals surface area contributed by atoms with Gasteiger partial charge < -0.3 is 15.8 Å². The van der Waals surface area contributed by atoms with Crippen molar-refractivity contribution in [2.24, 2.45) is 0 Å². The van der Waals surface area contributed by atoms with Crippen LogP contribution in [0, 0.1) is 5.82 Å². The van der Waals surface area contributed by atoms with Crippen LogP contribution in [0.4, 0.5) is 15.9 Å². The molecule has 1 heterocycles. The third kappa shape index (κ3) is 2.75. The number of rotatable bonds is 4. The lowest BCUT2D eigenvalue weighted by Gasteiger charge is -2.10. The molecule has 0 bridgehead atoms. The number of nitrogen functional groups attached to an aromatic ring is 1. The smallest absolute Gasteiger partial charge is 0.243 e. The summed E-state index contributed by atoms with van der Waals surface area (Å²) in [7, 11) is 0. The van der Waals surface area contributed by atoms with Crippen LogP contribution < -0.4 is 15.8 Å². The minimum absolute atomic E-state index is 0.0113. The van der Waals surface area contributed by atoms with Crippen molar-refractivity contribution < 1.29 is 9.13 Å². The van der Waals surface area contributed by atoms with Crippen molar-refractivity contribution in [1.82, 2.24) is 9.97 Å². The zero-order valence-corrected chi connectivity index (χ0v) is 11.2. The van der Waals surface area contributed by atoms with Gasteiger partial charge in [0.1, 0.15) is 11.3 Å². The van der Waals surface area contributed by atoms with Gasteiger partial charge in [0.15, 0.2) is 17.4 Å². The van der Waals surface area contributed by atoms with Gasteiger partial charge in [0.25, 0.3) is 0 Å². The molecule has 1 fully saturated rings. The van der Waals surface area contributed by atoms with Gasteiger partial charge >= 0.3 is 0 Å². The first kappa shape index (κ1) is 12.9. The molecule has 20 heavy (non-hydrogen) atoms. The van der Waals surface area contributed by atoms with Gasteiger partial charge in [0, 0.05) is 17.8 Å². The van der Waals surface area contributed by atoms with Crippen LogP contribution in [-0.4, -0.2) is 16.0 Å². The number of anilines is 2. The minimum Gasteiger partial charge on any atom is -0.434 e. The van der Waals surface area contributed by atoms with Gasteiger partial charge in [-0.05, 0) is 25.0 Å². The maximum atomic E-state index is 13.7. The van der Waals surface area contributed by atoms with E-state index in [1.807, 2.05) is 0 Å². The van der Waals surface area contributed by atoms with E-state index in [0.29, 0.717) is 17.5 Å². The second-order valence-electron chi connectivity index (χ2n) is 4.55. The summed E-state index contributed by atoms with van der Waals surface area (Å²) >= 11 is 6.15. The zero-order chi connectivity index (χ0) is 14.1. The van der Waals surface area contributed by atoms with E-state index in [2.05, 4.69) is 15.3 Å². The lowest BCUT2D eigenvalue weighted by atomic mass is 10.3. The summed E-state index contributed by atoms with van der Waals surface area (Å²) in [5.74, 6) is 0.0389. The topological polar surface area (TPSA) is 73.1 Å². The Labute approximate surface area is 119 Å². The molecular weight excluding hydrogens is 283 g/mol. The predicted octanol–water partition coefficient (Wildman–Crippen LogP) is 3.22. The molecule has 0 aliphatic heterocycles. The quantitative estimate of drug-likeness (QED) is 0.847. The van der Waals surface area contributed by atoms with Crippen molar-refractivity contribution in [2.75, 3.05) is 11.1 Å². The van der Waals surface area contributed by atoms with Gasteiger partial charge in [-0.2, -0.15) is 4.98 Å². The Bertz CT molecular complexity index is 648. The van der Waals surface area contributed by atoms with Crippen LogP contribution in [0.1, 0.15) is 12.8 Å². The standard InChI is InChI=1S/C13H12ClFN4O/c14-11-12(19-8-2-3-8)17-6-18-13(11)20-10-4-1-7(16)5-9(10)15/h1,4-6,8H,2-3,16H2,(H,17,18,19). The van der Waals surface area contributed by atoms with Crippen molar-refractivity contribution >= 4 is 23.1 Å². The second-order valence-corrected chi connectivity index (χ2v) is 4.93. The summed E-state index contributed by atoms with van der Waals surface area (Å²) in [6.45, 7) is 0. The number of aromatic nitrogens is 2. The SMILES string of the molecule is Nc1ccc(Oc2ncnc(NC3CC3)c2Cl)c(F)c1. The van der Waals surface area contributed by atoms with E-state index in [0.717, 1.165) is 12.8 Å². The molecule has 1 aliphatic rings. The molecule has 1 aromatic carbocycles. The molecule has 0 saturated heterocycles. The fourth-order valence-electron chi connectivity index (χ4n) is 1.65. The van der Waals surface area contributed by atoms with E-state index in [1.165, 1.54) is 24.5 Å². The van der Waals surface area contributed by atoms with Crippen LogP contribution >= 0.6 is 11.6 Å². The average Bonchev–Trinajstić information content (AvgIpc) is 3.21. The molecule has 0 amide bonds. The fraction of sp³-hybridized carbons (Fsp3) is 0.231. The van der Waals surface area contributed by atoms with Gasteiger partial charge in [-0.25, -0.2) is 9.37 Å². The van der Waals surface area contributed by atoms with Crippen molar-refractivity contribution in [1.29, 1.82) is 0 Å². The number of hydrogen-bond acceptors (Lipinski definition) is 5. The van der Waals surface area contributed by atoms with Gasteiger partial charge in [-0.15, -0.1) is 0 Å². The molecule has 0 unspecified atom stereocenters. The molecule has 1 aliphatic carbocycles. The van der Waals surface area contributed by atoms with Gasteiger partial charge in [0.2, 0.25) is 5.88 Å². The number of nitrogens with two attached hydrogens (primary N) is 1. The first-order chi connectivity index (χ1) is 9.63. The molecule has 7 heteroatoms. The van der Waals surface area contributed by atoms with Crippen LogP contribution in [0.15, 0.2) is 24.5 Å². The number of benzene rings is 1. The van der Waals surface area contributed by atoms with Crippen molar-refractivity contribution in [3.05, 3.63) is 35.4 Å². The molecule has 104 valence electrons.